The van der Waals surface area contributed by atoms with Gasteiger partial charge in [-0.3, -0.25) is 4.79 Å². The van der Waals surface area contributed by atoms with Gasteiger partial charge in [0.25, 0.3) is 0 Å². The zero-order valence-corrected chi connectivity index (χ0v) is 11.9. The molecule has 0 aliphatic heterocycles. The van der Waals surface area contributed by atoms with Crippen molar-refractivity contribution in [1.29, 1.82) is 0 Å². The predicted octanol–water partition coefficient (Wildman–Crippen LogP) is 4.70. The van der Waals surface area contributed by atoms with Gasteiger partial charge >= 0.3 is 12.1 Å². The molecule has 0 radical (unpaired) electrons. The molecule has 1 N–H and O–H groups in total. The van der Waals surface area contributed by atoms with Crippen LogP contribution in [0.4, 0.5) is 13.2 Å². The maximum Gasteiger partial charge on any atom is 0.416 e. The summed E-state index contributed by atoms with van der Waals surface area (Å²) in [6.07, 6.45) is -1.44. The second-order valence-corrected chi connectivity index (χ2v) is 5.76. The predicted molar refractivity (Wildman–Crippen MR) is 72.9 cm³/mol. The van der Waals surface area contributed by atoms with E-state index in [4.69, 9.17) is 0 Å². The standard InChI is InChI=1S/C16H19F3O2/c1-2-10-6-7-13(15(20)21)14(8-10)11-4-3-5-12(9-11)16(17,18)19/h3-5,9-10,13-14H,2,6-8H2,1H3,(H,20,21). The van der Waals surface area contributed by atoms with Crippen molar-refractivity contribution in [3.05, 3.63) is 35.4 Å². The Labute approximate surface area is 122 Å². The van der Waals surface area contributed by atoms with Crippen LogP contribution < -0.4 is 0 Å². The third-order valence-electron chi connectivity index (χ3n) is 4.50. The summed E-state index contributed by atoms with van der Waals surface area (Å²) in [5, 5.41) is 9.34. The maximum atomic E-state index is 12.8. The lowest BCUT2D eigenvalue weighted by atomic mass is 9.70. The number of benzene rings is 1. The lowest BCUT2D eigenvalue weighted by Crippen LogP contribution is -2.29. The molecule has 1 saturated carbocycles. The van der Waals surface area contributed by atoms with E-state index in [1.165, 1.54) is 6.07 Å². The molecule has 1 fully saturated rings. The average molecular weight is 300 g/mol. The van der Waals surface area contributed by atoms with Crippen LogP contribution in [0.3, 0.4) is 0 Å². The molecule has 0 saturated heterocycles. The molecule has 1 aromatic rings. The summed E-state index contributed by atoms with van der Waals surface area (Å²) < 4.78 is 38.5. The van der Waals surface area contributed by atoms with Crippen LogP contribution in [0.2, 0.25) is 0 Å². The van der Waals surface area contributed by atoms with Gasteiger partial charge in [0.1, 0.15) is 0 Å². The summed E-state index contributed by atoms with van der Waals surface area (Å²) in [4.78, 5) is 11.4. The molecule has 3 atom stereocenters. The molecule has 2 rings (SSSR count). The average Bonchev–Trinajstić information content (AvgIpc) is 2.45. The summed E-state index contributed by atoms with van der Waals surface area (Å²) in [6, 6.07) is 5.12. The van der Waals surface area contributed by atoms with Gasteiger partial charge in [-0.25, -0.2) is 0 Å². The minimum atomic E-state index is -4.40. The van der Waals surface area contributed by atoms with E-state index in [9.17, 15) is 23.1 Å². The van der Waals surface area contributed by atoms with E-state index >= 15 is 0 Å². The van der Waals surface area contributed by atoms with Gasteiger partial charge in [0, 0.05) is 0 Å². The first-order valence-corrected chi connectivity index (χ1v) is 7.23. The highest BCUT2D eigenvalue weighted by Crippen LogP contribution is 2.43. The molecular formula is C16H19F3O2. The van der Waals surface area contributed by atoms with Crippen molar-refractivity contribution in [1.82, 2.24) is 0 Å². The third kappa shape index (κ3) is 3.57. The van der Waals surface area contributed by atoms with E-state index in [-0.39, 0.29) is 5.92 Å². The maximum absolute atomic E-state index is 12.8. The highest BCUT2D eigenvalue weighted by molar-refractivity contribution is 5.71. The molecule has 0 bridgehead atoms. The van der Waals surface area contributed by atoms with Crippen LogP contribution in [0.15, 0.2) is 24.3 Å². The van der Waals surface area contributed by atoms with Gasteiger partial charge in [0.05, 0.1) is 11.5 Å². The van der Waals surface area contributed by atoms with Gasteiger partial charge in [-0.05, 0) is 42.7 Å². The molecule has 0 amide bonds. The smallest absolute Gasteiger partial charge is 0.416 e. The highest BCUT2D eigenvalue weighted by Gasteiger charge is 2.37. The van der Waals surface area contributed by atoms with Gasteiger partial charge in [0.2, 0.25) is 0 Å². The van der Waals surface area contributed by atoms with Crippen molar-refractivity contribution in [2.75, 3.05) is 0 Å². The molecule has 0 aromatic heterocycles. The van der Waals surface area contributed by atoms with Crippen LogP contribution in [-0.2, 0) is 11.0 Å². The molecule has 116 valence electrons. The Kier molecular flexibility index (Phi) is 4.59. The first kappa shape index (κ1) is 15.9. The van der Waals surface area contributed by atoms with Crippen molar-refractivity contribution in [2.45, 2.75) is 44.7 Å². The number of carboxylic acids is 1. The van der Waals surface area contributed by atoms with Crippen LogP contribution in [0.25, 0.3) is 0 Å². The molecular weight excluding hydrogens is 281 g/mol. The summed E-state index contributed by atoms with van der Waals surface area (Å²) in [5.41, 5.74) is -0.210. The van der Waals surface area contributed by atoms with Crippen LogP contribution in [0, 0.1) is 11.8 Å². The summed E-state index contributed by atoms with van der Waals surface area (Å²) >= 11 is 0. The Hall–Kier alpha value is -1.52. The number of aliphatic carboxylic acids is 1. The molecule has 3 unspecified atom stereocenters. The van der Waals surface area contributed by atoms with E-state index < -0.39 is 23.6 Å². The van der Waals surface area contributed by atoms with E-state index in [1.54, 1.807) is 6.07 Å². The molecule has 1 aromatic carbocycles. The van der Waals surface area contributed by atoms with Crippen molar-refractivity contribution >= 4 is 5.97 Å². The summed E-state index contributed by atoms with van der Waals surface area (Å²) in [7, 11) is 0. The van der Waals surface area contributed by atoms with E-state index in [1.807, 2.05) is 6.92 Å². The van der Waals surface area contributed by atoms with Crippen molar-refractivity contribution in [3.63, 3.8) is 0 Å². The quantitative estimate of drug-likeness (QED) is 0.878. The number of halogens is 3. The van der Waals surface area contributed by atoms with Crippen molar-refractivity contribution < 1.29 is 23.1 Å². The fraction of sp³-hybridized carbons (Fsp3) is 0.562. The fourth-order valence-corrected chi connectivity index (χ4v) is 3.24. The van der Waals surface area contributed by atoms with Gasteiger partial charge < -0.3 is 5.11 Å². The van der Waals surface area contributed by atoms with E-state index in [0.717, 1.165) is 25.0 Å². The van der Waals surface area contributed by atoms with Gasteiger partial charge in [-0.1, -0.05) is 31.5 Å². The molecule has 5 heteroatoms. The van der Waals surface area contributed by atoms with Crippen molar-refractivity contribution in [3.8, 4) is 0 Å². The number of rotatable bonds is 3. The van der Waals surface area contributed by atoms with Gasteiger partial charge in [-0.2, -0.15) is 13.2 Å². The summed E-state index contributed by atoms with van der Waals surface area (Å²) in [6.45, 7) is 2.04. The Morgan fingerprint density at radius 2 is 2.05 bits per heavy atom. The molecule has 0 spiro atoms. The van der Waals surface area contributed by atoms with Crippen molar-refractivity contribution in [2.24, 2.45) is 11.8 Å². The topological polar surface area (TPSA) is 37.3 Å². The van der Waals surface area contributed by atoms with Crippen LogP contribution in [0.1, 0.15) is 49.7 Å². The number of hydrogen-bond acceptors (Lipinski definition) is 1. The number of alkyl halides is 3. The molecule has 0 heterocycles. The Bertz CT molecular complexity index is 510. The number of hydrogen-bond donors (Lipinski definition) is 1. The highest BCUT2D eigenvalue weighted by atomic mass is 19.4. The second-order valence-electron chi connectivity index (χ2n) is 5.76. The Balaban J connectivity index is 2.33. The molecule has 1 aliphatic rings. The zero-order valence-electron chi connectivity index (χ0n) is 11.9. The summed E-state index contributed by atoms with van der Waals surface area (Å²) in [5.74, 6) is -1.44. The molecule has 21 heavy (non-hydrogen) atoms. The Morgan fingerprint density at radius 3 is 2.62 bits per heavy atom. The largest absolute Gasteiger partial charge is 0.481 e. The normalized spacial score (nSPS) is 26.6. The SMILES string of the molecule is CCC1CCC(C(=O)O)C(c2cccc(C(F)(F)F)c2)C1. The Morgan fingerprint density at radius 1 is 1.33 bits per heavy atom. The van der Waals surface area contributed by atoms with E-state index in [0.29, 0.717) is 24.3 Å². The number of carboxylic acid groups (broad SMARTS) is 1. The van der Waals surface area contributed by atoms with Crippen LogP contribution >= 0.6 is 0 Å². The molecule has 1 aliphatic carbocycles. The third-order valence-corrected chi connectivity index (χ3v) is 4.50. The monoisotopic (exact) mass is 300 g/mol. The molecule has 2 nitrogen and oxygen atoms in total. The lowest BCUT2D eigenvalue weighted by Gasteiger charge is -2.34. The number of carbonyl (C=O) groups is 1. The lowest BCUT2D eigenvalue weighted by molar-refractivity contribution is -0.143. The van der Waals surface area contributed by atoms with Gasteiger partial charge in [0.15, 0.2) is 0 Å². The van der Waals surface area contributed by atoms with Gasteiger partial charge in [-0.15, -0.1) is 0 Å². The minimum Gasteiger partial charge on any atom is -0.481 e. The fourth-order valence-electron chi connectivity index (χ4n) is 3.24. The van der Waals surface area contributed by atoms with Crippen LogP contribution in [0.5, 0.6) is 0 Å². The first-order valence-electron chi connectivity index (χ1n) is 7.23. The minimum absolute atomic E-state index is 0.330. The van der Waals surface area contributed by atoms with Crippen LogP contribution in [-0.4, -0.2) is 11.1 Å². The first-order chi connectivity index (χ1) is 9.82. The second kappa shape index (κ2) is 6.08. The van der Waals surface area contributed by atoms with E-state index in [2.05, 4.69) is 0 Å². The zero-order chi connectivity index (χ0) is 15.6.